The molecule has 0 aliphatic carbocycles. The summed E-state index contributed by atoms with van der Waals surface area (Å²) in [5.74, 6) is 5.42. The summed E-state index contributed by atoms with van der Waals surface area (Å²) in [7, 11) is 0. The monoisotopic (exact) mass is 281 g/mol. The maximum absolute atomic E-state index is 12.0. The van der Waals surface area contributed by atoms with Gasteiger partial charge in [-0.05, 0) is 18.2 Å². The van der Waals surface area contributed by atoms with Gasteiger partial charge in [0.25, 0.3) is 5.91 Å². The van der Waals surface area contributed by atoms with Gasteiger partial charge in [-0.2, -0.15) is 0 Å². The average molecular weight is 281 g/mol. The lowest BCUT2D eigenvalue weighted by Gasteiger charge is -2.04. The summed E-state index contributed by atoms with van der Waals surface area (Å²) in [6.07, 6.45) is 5.15. The molecule has 2 aromatic rings. The molecule has 0 aromatic carbocycles. The highest BCUT2D eigenvalue weighted by atomic mass is 16.2. The first kappa shape index (κ1) is 14.7. The molecule has 0 fully saturated rings. The van der Waals surface area contributed by atoms with Crippen LogP contribution in [0.4, 0.5) is 0 Å². The molecular formula is C16H15N3O2. The van der Waals surface area contributed by atoms with Gasteiger partial charge in [0.05, 0.1) is 24.4 Å². The van der Waals surface area contributed by atoms with Crippen LogP contribution >= 0.6 is 0 Å². The number of aromatic nitrogens is 2. The summed E-state index contributed by atoms with van der Waals surface area (Å²) in [5.41, 5.74) is 1.88. The smallest absolute Gasteiger partial charge is 0.253 e. The lowest BCUT2D eigenvalue weighted by atomic mass is 10.2. The number of pyridine rings is 2. The SMILES string of the molecule is O=C(NCc1ccccn1)c1cncc(C#CCCO)c1. The second kappa shape index (κ2) is 7.78. The van der Waals surface area contributed by atoms with Gasteiger partial charge >= 0.3 is 0 Å². The molecule has 0 aliphatic rings. The number of aliphatic hydroxyl groups excluding tert-OH is 1. The maximum atomic E-state index is 12.0. The summed E-state index contributed by atoms with van der Waals surface area (Å²) >= 11 is 0. The van der Waals surface area contributed by atoms with E-state index >= 15 is 0 Å². The summed E-state index contributed by atoms with van der Waals surface area (Å²) in [4.78, 5) is 20.2. The molecule has 0 bridgehead atoms. The van der Waals surface area contributed by atoms with Gasteiger partial charge in [-0.25, -0.2) is 0 Å². The zero-order chi connectivity index (χ0) is 14.9. The number of nitrogens with zero attached hydrogens (tertiary/aromatic N) is 2. The molecule has 5 heteroatoms. The summed E-state index contributed by atoms with van der Waals surface area (Å²) in [5, 5.41) is 11.5. The van der Waals surface area contributed by atoms with E-state index in [0.29, 0.717) is 24.1 Å². The van der Waals surface area contributed by atoms with Crippen molar-refractivity contribution in [1.29, 1.82) is 0 Å². The zero-order valence-corrected chi connectivity index (χ0v) is 11.4. The molecular weight excluding hydrogens is 266 g/mol. The number of hydrogen-bond acceptors (Lipinski definition) is 4. The number of carbonyl (C=O) groups excluding carboxylic acids is 1. The van der Waals surface area contributed by atoms with Crippen molar-refractivity contribution in [2.45, 2.75) is 13.0 Å². The highest BCUT2D eigenvalue weighted by molar-refractivity contribution is 5.94. The van der Waals surface area contributed by atoms with Crippen LogP contribution in [0.2, 0.25) is 0 Å². The highest BCUT2D eigenvalue weighted by Crippen LogP contribution is 2.02. The molecule has 5 nitrogen and oxygen atoms in total. The minimum atomic E-state index is -0.223. The molecule has 1 amide bonds. The van der Waals surface area contributed by atoms with Gasteiger partial charge in [0, 0.05) is 30.6 Å². The van der Waals surface area contributed by atoms with Crippen molar-refractivity contribution in [2.24, 2.45) is 0 Å². The van der Waals surface area contributed by atoms with Crippen LogP contribution in [0.5, 0.6) is 0 Å². The Balaban J connectivity index is 1.99. The van der Waals surface area contributed by atoms with Crippen LogP contribution in [0.1, 0.15) is 28.0 Å². The summed E-state index contributed by atoms with van der Waals surface area (Å²) in [6.45, 7) is 0.380. The van der Waals surface area contributed by atoms with Crippen molar-refractivity contribution in [2.75, 3.05) is 6.61 Å². The molecule has 0 saturated carbocycles. The van der Waals surface area contributed by atoms with E-state index in [1.165, 1.54) is 6.20 Å². The maximum Gasteiger partial charge on any atom is 0.253 e. The largest absolute Gasteiger partial charge is 0.395 e. The van der Waals surface area contributed by atoms with E-state index in [0.717, 1.165) is 5.69 Å². The molecule has 0 unspecified atom stereocenters. The van der Waals surface area contributed by atoms with E-state index in [2.05, 4.69) is 27.1 Å². The van der Waals surface area contributed by atoms with Gasteiger partial charge in [-0.1, -0.05) is 17.9 Å². The predicted molar refractivity (Wildman–Crippen MR) is 78.2 cm³/mol. The highest BCUT2D eigenvalue weighted by Gasteiger charge is 2.06. The topological polar surface area (TPSA) is 75.1 Å². The molecule has 0 saturated heterocycles. The second-order valence-corrected chi connectivity index (χ2v) is 4.24. The minimum Gasteiger partial charge on any atom is -0.395 e. The van der Waals surface area contributed by atoms with Crippen LogP contribution in [0.3, 0.4) is 0 Å². The molecule has 0 spiro atoms. The first-order valence-corrected chi connectivity index (χ1v) is 6.52. The van der Waals surface area contributed by atoms with Crippen LogP contribution in [-0.2, 0) is 6.54 Å². The molecule has 0 atom stereocenters. The molecule has 106 valence electrons. The third-order valence-electron chi connectivity index (χ3n) is 2.63. The van der Waals surface area contributed by atoms with E-state index in [1.54, 1.807) is 18.5 Å². The fourth-order valence-electron chi connectivity index (χ4n) is 1.63. The van der Waals surface area contributed by atoms with Crippen molar-refractivity contribution < 1.29 is 9.90 Å². The Kier molecular flexibility index (Phi) is 5.44. The van der Waals surface area contributed by atoms with Crippen molar-refractivity contribution in [3.8, 4) is 11.8 Å². The number of rotatable bonds is 4. The average Bonchev–Trinajstić information content (AvgIpc) is 2.54. The number of amides is 1. The molecule has 0 aliphatic heterocycles. The van der Waals surface area contributed by atoms with Gasteiger partial charge < -0.3 is 10.4 Å². The summed E-state index contributed by atoms with van der Waals surface area (Å²) < 4.78 is 0. The van der Waals surface area contributed by atoms with E-state index in [-0.39, 0.29) is 12.5 Å². The van der Waals surface area contributed by atoms with Gasteiger partial charge in [0.15, 0.2) is 0 Å². The Morgan fingerprint density at radius 1 is 1.33 bits per heavy atom. The van der Waals surface area contributed by atoms with E-state index < -0.39 is 0 Å². The molecule has 21 heavy (non-hydrogen) atoms. The zero-order valence-electron chi connectivity index (χ0n) is 11.4. The quantitative estimate of drug-likeness (QED) is 0.824. The standard InChI is InChI=1S/C16H15N3O2/c20-8-4-2-5-13-9-14(11-17-10-13)16(21)19-12-15-6-1-3-7-18-15/h1,3,6-7,9-11,20H,4,8,12H2,(H,19,21). The van der Waals surface area contributed by atoms with Gasteiger partial charge in [0.1, 0.15) is 0 Å². The molecule has 2 aromatic heterocycles. The van der Waals surface area contributed by atoms with Gasteiger partial charge in [-0.3, -0.25) is 14.8 Å². The lowest BCUT2D eigenvalue weighted by molar-refractivity contribution is 0.0950. The van der Waals surface area contributed by atoms with Crippen molar-refractivity contribution >= 4 is 5.91 Å². The second-order valence-electron chi connectivity index (χ2n) is 4.24. The van der Waals surface area contributed by atoms with E-state index in [4.69, 9.17) is 5.11 Å². The Bertz CT molecular complexity index is 660. The Morgan fingerprint density at radius 3 is 3.00 bits per heavy atom. The van der Waals surface area contributed by atoms with Crippen LogP contribution < -0.4 is 5.32 Å². The van der Waals surface area contributed by atoms with Crippen LogP contribution in [0.15, 0.2) is 42.9 Å². The van der Waals surface area contributed by atoms with Crippen LogP contribution in [0, 0.1) is 11.8 Å². The fourth-order valence-corrected chi connectivity index (χ4v) is 1.63. The predicted octanol–water partition coefficient (Wildman–Crippen LogP) is 1.14. The number of carbonyl (C=O) groups is 1. The Morgan fingerprint density at radius 2 is 2.24 bits per heavy atom. The third-order valence-corrected chi connectivity index (χ3v) is 2.63. The van der Waals surface area contributed by atoms with Gasteiger partial charge in [-0.15, -0.1) is 0 Å². The molecule has 2 heterocycles. The number of hydrogen-bond donors (Lipinski definition) is 2. The van der Waals surface area contributed by atoms with Crippen molar-refractivity contribution in [3.05, 3.63) is 59.7 Å². The molecule has 2 rings (SSSR count). The normalized spacial score (nSPS) is 9.57. The number of nitrogens with one attached hydrogen (secondary N) is 1. The number of aliphatic hydroxyl groups is 1. The van der Waals surface area contributed by atoms with Crippen molar-refractivity contribution in [3.63, 3.8) is 0 Å². The minimum absolute atomic E-state index is 0.0185. The summed E-state index contributed by atoms with van der Waals surface area (Å²) in [6, 6.07) is 7.21. The first-order chi connectivity index (χ1) is 10.3. The van der Waals surface area contributed by atoms with Gasteiger partial charge in [0.2, 0.25) is 0 Å². The molecule has 0 radical (unpaired) electrons. The van der Waals surface area contributed by atoms with Crippen molar-refractivity contribution in [1.82, 2.24) is 15.3 Å². The van der Waals surface area contributed by atoms with Crippen LogP contribution in [-0.4, -0.2) is 27.6 Å². The third kappa shape index (κ3) is 4.71. The Labute approximate surface area is 123 Å². The van der Waals surface area contributed by atoms with E-state index in [9.17, 15) is 4.79 Å². The Hall–Kier alpha value is -2.71. The fraction of sp³-hybridized carbons (Fsp3) is 0.188. The van der Waals surface area contributed by atoms with Crippen LogP contribution in [0.25, 0.3) is 0 Å². The first-order valence-electron chi connectivity index (χ1n) is 6.52. The molecule has 2 N–H and O–H groups in total. The lowest BCUT2D eigenvalue weighted by Crippen LogP contribution is -2.23. The van der Waals surface area contributed by atoms with E-state index in [1.807, 2.05) is 18.2 Å².